The molecule has 1 aliphatic carbocycles. The summed E-state index contributed by atoms with van der Waals surface area (Å²) in [5, 5.41) is 9.14. The van der Waals surface area contributed by atoms with E-state index >= 15 is 4.39 Å². The van der Waals surface area contributed by atoms with Crippen molar-refractivity contribution in [2.45, 2.75) is 44.7 Å². The van der Waals surface area contributed by atoms with Crippen molar-refractivity contribution in [3.63, 3.8) is 0 Å². The number of aromatic nitrogens is 2. The number of hydrogen-bond donors (Lipinski definition) is 3. The first-order valence-corrected chi connectivity index (χ1v) is 12.7. The molecule has 1 saturated carbocycles. The topological polar surface area (TPSA) is 132 Å². The average Bonchev–Trinajstić information content (AvgIpc) is 3.51. The Hall–Kier alpha value is -3.22. The van der Waals surface area contributed by atoms with Crippen LogP contribution in [0.4, 0.5) is 10.1 Å². The second kappa shape index (κ2) is 9.68. The third kappa shape index (κ3) is 4.29. The summed E-state index contributed by atoms with van der Waals surface area (Å²) in [5.41, 5.74) is 9.38. The quantitative estimate of drug-likeness (QED) is 0.350. The van der Waals surface area contributed by atoms with Crippen LogP contribution in [0.25, 0.3) is 21.1 Å². The lowest BCUT2D eigenvalue weighted by Gasteiger charge is -2.20. The standard InChI is InChI=1S/C24H28FN5O5S/c1-35-27-17-12-28(11-13(17)6-7-26)19-10-18-15(9-16(19)25)22(33)21-23(34)29(8-2-3-20(31)32)36-24(21)30(18)14-4-5-14/h9-10,12-14,27H,2-8,11,26H2,1H3,(H,31,32). The van der Waals surface area contributed by atoms with E-state index in [0.29, 0.717) is 35.5 Å². The Balaban J connectivity index is 1.65. The van der Waals surface area contributed by atoms with Gasteiger partial charge in [-0.1, -0.05) is 0 Å². The maximum absolute atomic E-state index is 15.4. The molecule has 1 fully saturated rings. The van der Waals surface area contributed by atoms with Crippen molar-refractivity contribution >= 4 is 44.3 Å². The molecule has 2 aliphatic rings. The van der Waals surface area contributed by atoms with E-state index in [0.717, 1.165) is 18.5 Å². The van der Waals surface area contributed by atoms with Crippen LogP contribution >= 0.6 is 11.5 Å². The predicted octanol–water partition coefficient (Wildman–Crippen LogP) is 2.49. The molecule has 1 aromatic carbocycles. The number of nitrogens with two attached hydrogens (primary N) is 1. The molecule has 0 amide bonds. The fourth-order valence-corrected chi connectivity index (χ4v) is 6.09. The number of rotatable bonds is 10. The molecule has 0 spiro atoms. The smallest absolute Gasteiger partial charge is 0.303 e. The monoisotopic (exact) mass is 517 g/mol. The Bertz CT molecular complexity index is 1490. The maximum atomic E-state index is 15.4. The van der Waals surface area contributed by atoms with Crippen LogP contribution in [0, 0.1) is 11.7 Å². The zero-order chi connectivity index (χ0) is 25.6. The third-order valence-electron chi connectivity index (χ3n) is 6.73. The largest absolute Gasteiger partial charge is 0.481 e. The number of aryl methyl sites for hydroxylation is 1. The number of nitrogens with zero attached hydrogens (tertiary/aromatic N) is 3. The first kappa shape index (κ1) is 24.5. The maximum Gasteiger partial charge on any atom is 0.303 e. The lowest BCUT2D eigenvalue weighted by Crippen LogP contribution is -2.24. The molecule has 0 saturated heterocycles. The highest BCUT2D eigenvalue weighted by Crippen LogP contribution is 2.41. The molecule has 10 nitrogen and oxygen atoms in total. The van der Waals surface area contributed by atoms with Crippen LogP contribution in [-0.2, 0) is 16.2 Å². The first-order chi connectivity index (χ1) is 17.3. The van der Waals surface area contributed by atoms with Gasteiger partial charge in [-0.25, -0.2) is 4.39 Å². The summed E-state index contributed by atoms with van der Waals surface area (Å²) < 4.78 is 18.9. The fraction of sp³-hybridized carbons (Fsp3) is 0.458. The van der Waals surface area contributed by atoms with Gasteiger partial charge in [-0.15, -0.1) is 0 Å². The molecule has 12 heteroatoms. The minimum atomic E-state index is -0.941. The Morgan fingerprint density at radius 1 is 1.33 bits per heavy atom. The van der Waals surface area contributed by atoms with E-state index in [1.165, 1.54) is 28.7 Å². The number of hydrogen-bond acceptors (Lipinski definition) is 8. The van der Waals surface area contributed by atoms with Gasteiger partial charge in [0, 0.05) is 43.1 Å². The van der Waals surface area contributed by atoms with Crippen molar-refractivity contribution in [2.75, 3.05) is 25.1 Å². The predicted molar refractivity (Wildman–Crippen MR) is 136 cm³/mol. The molecule has 4 N–H and O–H groups in total. The van der Waals surface area contributed by atoms with E-state index in [9.17, 15) is 14.4 Å². The molecule has 3 heterocycles. The fourth-order valence-electron chi connectivity index (χ4n) is 4.88. The molecule has 3 aromatic rings. The summed E-state index contributed by atoms with van der Waals surface area (Å²) in [7, 11) is 1.51. The van der Waals surface area contributed by atoms with Crippen LogP contribution in [0.3, 0.4) is 0 Å². The highest BCUT2D eigenvalue weighted by Gasteiger charge is 2.32. The Kier molecular flexibility index (Phi) is 6.58. The highest BCUT2D eigenvalue weighted by atomic mass is 32.1. The minimum Gasteiger partial charge on any atom is -0.481 e. The van der Waals surface area contributed by atoms with Gasteiger partial charge in [0.05, 0.1) is 24.0 Å². The van der Waals surface area contributed by atoms with Gasteiger partial charge in [-0.2, -0.15) is 0 Å². The van der Waals surface area contributed by atoms with Crippen molar-refractivity contribution < 1.29 is 19.1 Å². The summed E-state index contributed by atoms with van der Waals surface area (Å²) in [4.78, 5) is 44.8. The van der Waals surface area contributed by atoms with Gasteiger partial charge < -0.3 is 20.3 Å². The lowest BCUT2D eigenvalue weighted by atomic mass is 10.0. The highest BCUT2D eigenvalue weighted by molar-refractivity contribution is 7.13. The summed E-state index contributed by atoms with van der Waals surface area (Å²) >= 11 is 1.17. The minimum absolute atomic E-state index is 0.0394. The number of aliphatic carboxylic acids is 1. The number of benzene rings is 1. The number of hydroxylamine groups is 1. The molecule has 2 aromatic heterocycles. The number of fused-ring (bicyclic) bond motifs is 2. The number of halogens is 1. The summed E-state index contributed by atoms with van der Waals surface area (Å²) in [5.74, 6) is -1.45. The van der Waals surface area contributed by atoms with Crippen LogP contribution in [0.1, 0.15) is 38.1 Å². The van der Waals surface area contributed by atoms with Gasteiger partial charge >= 0.3 is 5.97 Å². The van der Waals surface area contributed by atoms with E-state index in [-0.39, 0.29) is 42.1 Å². The van der Waals surface area contributed by atoms with Crippen molar-refractivity contribution in [1.29, 1.82) is 0 Å². The van der Waals surface area contributed by atoms with E-state index < -0.39 is 22.8 Å². The molecule has 0 radical (unpaired) electrons. The zero-order valence-corrected chi connectivity index (χ0v) is 20.6. The number of anilines is 1. The van der Waals surface area contributed by atoms with Crippen LogP contribution in [0.15, 0.2) is 33.6 Å². The molecule has 1 aliphatic heterocycles. The van der Waals surface area contributed by atoms with Crippen molar-refractivity contribution in [3.05, 3.63) is 50.4 Å². The van der Waals surface area contributed by atoms with Crippen LogP contribution in [-0.4, -0.2) is 39.8 Å². The van der Waals surface area contributed by atoms with Crippen molar-refractivity contribution in [1.82, 2.24) is 14.0 Å². The molecule has 1 unspecified atom stereocenters. The molecule has 1 atom stereocenters. The van der Waals surface area contributed by atoms with Gasteiger partial charge in [0.25, 0.3) is 5.56 Å². The first-order valence-electron chi connectivity index (χ1n) is 11.9. The van der Waals surface area contributed by atoms with E-state index in [1.54, 1.807) is 17.2 Å². The molecule has 36 heavy (non-hydrogen) atoms. The van der Waals surface area contributed by atoms with Gasteiger partial charge in [0.15, 0.2) is 0 Å². The Morgan fingerprint density at radius 3 is 2.78 bits per heavy atom. The molecule has 0 bridgehead atoms. The Morgan fingerprint density at radius 2 is 2.11 bits per heavy atom. The van der Waals surface area contributed by atoms with Crippen molar-refractivity contribution in [3.8, 4) is 0 Å². The molecule has 192 valence electrons. The van der Waals surface area contributed by atoms with E-state index in [1.807, 2.05) is 4.57 Å². The van der Waals surface area contributed by atoms with Gasteiger partial charge in [-0.3, -0.25) is 28.7 Å². The van der Waals surface area contributed by atoms with Crippen molar-refractivity contribution in [2.24, 2.45) is 11.7 Å². The number of pyridine rings is 1. The van der Waals surface area contributed by atoms with Crippen LogP contribution < -0.4 is 27.1 Å². The molecular weight excluding hydrogens is 489 g/mol. The van der Waals surface area contributed by atoms with Gasteiger partial charge in [-0.05, 0) is 55.9 Å². The molecule has 5 rings (SSSR count). The normalized spacial score (nSPS) is 17.8. The van der Waals surface area contributed by atoms with Gasteiger partial charge in [0.2, 0.25) is 5.43 Å². The molecular formula is C24H28FN5O5S. The van der Waals surface area contributed by atoms with E-state index in [4.69, 9.17) is 15.7 Å². The summed E-state index contributed by atoms with van der Waals surface area (Å²) in [6.07, 6.45) is 4.50. The summed E-state index contributed by atoms with van der Waals surface area (Å²) in [6, 6.07) is 3.03. The average molecular weight is 518 g/mol. The SMILES string of the molecule is CONC1=CN(c2cc3c(cc2F)c(=O)c2c(=O)n(CCCC(=O)O)sc2n3C2CC2)CC1CCN. The lowest BCUT2D eigenvalue weighted by molar-refractivity contribution is -0.137. The summed E-state index contributed by atoms with van der Waals surface area (Å²) in [6.45, 7) is 1.19. The zero-order valence-electron chi connectivity index (χ0n) is 19.8. The second-order valence-corrected chi connectivity index (χ2v) is 10.3. The number of carboxylic acids is 1. The number of carboxylic acid groups (broad SMARTS) is 1. The third-order valence-corrected chi connectivity index (χ3v) is 7.87. The number of nitrogens with one attached hydrogen (secondary N) is 1. The van der Waals surface area contributed by atoms with E-state index in [2.05, 4.69) is 5.48 Å². The number of carbonyl (C=O) groups is 1. The van der Waals surface area contributed by atoms with Crippen LogP contribution in [0.2, 0.25) is 0 Å². The van der Waals surface area contributed by atoms with Crippen LogP contribution in [0.5, 0.6) is 0 Å². The Labute approximate surface area is 209 Å². The van der Waals surface area contributed by atoms with Gasteiger partial charge in [0.1, 0.15) is 16.0 Å². The second-order valence-electron chi connectivity index (χ2n) is 9.24.